The summed E-state index contributed by atoms with van der Waals surface area (Å²) in [7, 11) is 0. The number of morpholine rings is 1. The molecule has 0 aliphatic carbocycles. The molecule has 33 heavy (non-hydrogen) atoms. The first-order valence-corrected chi connectivity index (χ1v) is 10.7. The van der Waals surface area contributed by atoms with Gasteiger partial charge in [0.1, 0.15) is 11.9 Å². The second-order valence-corrected chi connectivity index (χ2v) is 7.83. The number of piperidine rings is 1. The minimum absolute atomic E-state index is 0.198. The van der Waals surface area contributed by atoms with Gasteiger partial charge in [0.25, 0.3) is 0 Å². The highest BCUT2D eigenvalue weighted by atomic mass is 19.4. The Morgan fingerprint density at radius 3 is 2.42 bits per heavy atom. The number of pyridine rings is 1. The number of nitrogens with zero attached hydrogens (tertiary/aromatic N) is 3. The third-order valence-electron chi connectivity index (χ3n) is 5.59. The monoisotopic (exact) mass is 463 g/mol. The minimum Gasteiger partial charge on any atom is -0.378 e. The van der Waals surface area contributed by atoms with Gasteiger partial charge in [-0.15, -0.1) is 0 Å². The van der Waals surface area contributed by atoms with Gasteiger partial charge in [0.05, 0.1) is 30.7 Å². The number of anilines is 3. The van der Waals surface area contributed by atoms with Gasteiger partial charge in [-0.05, 0) is 49.2 Å². The second kappa shape index (κ2) is 9.65. The molecule has 11 heteroatoms. The van der Waals surface area contributed by atoms with Crippen molar-refractivity contribution in [2.75, 3.05) is 48.0 Å². The number of urea groups is 1. The van der Waals surface area contributed by atoms with Gasteiger partial charge in [-0.25, -0.2) is 9.78 Å². The van der Waals surface area contributed by atoms with Gasteiger partial charge in [-0.2, -0.15) is 13.2 Å². The van der Waals surface area contributed by atoms with E-state index in [9.17, 15) is 22.8 Å². The van der Waals surface area contributed by atoms with Crippen LogP contribution in [0, 0.1) is 0 Å². The molecule has 2 N–H and O–H groups in total. The van der Waals surface area contributed by atoms with E-state index in [1.807, 2.05) is 12.1 Å². The van der Waals surface area contributed by atoms with E-state index in [0.29, 0.717) is 38.3 Å². The highest BCUT2D eigenvalue weighted by Crippen LogP contribution is 2.30. The Balaban J connectivity index is 1.35. The third kappa shape index (κ3) is 5.54. The molecule has 2 aliphatic heterocycles. The van der Waals surface area contributed by atoms with Crippen molar-refractivity contribution in [3.05, 3.63) is 48.2 Å². The van der Waals surface area contributed by atoms with Crippen LogP contribution in [0.3, 0.4) is 0 Å². The number of alkyl halides is 3. The summed E-state index contributed by atoms with van der Waals surface area (Å²) in [5, 5.41) is 5.09. The predicted octanol–water partition coefficient (Wildman–Crippen LogP) is 3.25. The zero-order valence-corrected chi connectivity index (χ0v) is 17.8. The number of amides is 3. The van der Waals surface area contributed by atoms with E-state index in [4.69, 9.17) is 4.74 Å². The first kappa shape index (κ1) is 22.8. The number of carbonyl (C=O) groups excluding carboxylic acids is 2. The van der Waals surface area contributed by atoms with Crippen LogP contribution < -0.4 is 20.4 Å². The van der Waals surface area contributed by atoms with Gasteiger partial charge >= 0.3 is 12.2 Å². The lowest BCUT2D eigenvalue weighted by atomic mass is 10.0. The Morgan fingerprint density at radius 1 is 1.06 bits per heavy atom. The lowest BCUT2D eigenvalue weighted by molar-refractivity contribution is -0.137. The molecule has 3 amide bonds. The normalized spacial score (nSPS) is 19.4. The molecular formula is C22H24F3N5O3. The van der Waals surface area contributed by atoms with Crippen molar-refractivity contribution in [3.63, 3.8) is 0 Å². The fraction of sp³-hybridized carbons (Fsp3) is 0.409. The smallest absolute Gasteiger partial charge is 0.378 e. The molecule has 2 saturated heterocycles. The SMILES string of the molecule is O=C(Nc1ccc(C(F)(F)F)cc1)NC1CCCN(c2ccc(N3CCOCC3)nc2)C1=O. The summed E-state index contributed by atoms with van der Waals surface area (Å²) < 4.78 is 43.4. The van der Waals surface area contributed by atoms with Crippen molar-refractivity contribution in [3.8, 4) is 0 Å². The van der Waals surface area contributed by atoms with Crippen LogP contribution in [0.5, 0.6) is 0 Å². The summed E-state index contributed by atoms with van der Waals surface area (Å²) in [6.45, 7) is 3.33. The van der Waals surface area contributed by atoms with Crippen LogP contribution in [0.2, 0.25) is 0 Å². The van der Waals surface area contributed by atoms with E-state index >= 15 is 0 Å². The number of carbonyl (C=O) groups is 2. The predicted molar refractivity (Wildman–Crippen MR) is 116 cm³/mol. The van der Waals surface area contributed by atoms with Gasteiger partial charge in [0, 0.05) is 25.3 Å². The van der Waals surface area contributed by atoms with Crippen LogP contribution in [-0.2, 0) is 15.7 Å². The number of nitrogens with one attached hydrogen (secondary N) is 2. The average molecular weight is 463 g/mol. The third-order valence-corrected chi connectivity index (χ3v) is 5.59. The number of aromatic nitrogens is 1. The molecule has 1 aromatic carbocycles. The summed E-state index contributed by atoms with van der Waals surface area (Å²) in [5.41, 5.74) is 0.0370. The summed E-state index contributed by atoms with van der Waals surface area (Å²) in [5.74, 6) is 0.557. The number of hydrogen-bond donors (Lipinski definition) is 2. The van der Waals surface area contributed by atoms with Gasteiger partial charge < -0.3 is 25.2 Å². The van der Waals surface area contributed by atoms with Crippen molar-refractivity contribution >= 4 is 29.1 Å². The van der Waals surface area contributed by atoms with Crippen LogP contribution in [0.25, 0.3) is 0 Å². The lowest BCUT2D eigenvalue weighted by Gasteiger charge is -2.33. The summed E-state index contributed by atoms with van der Waals surface area (Å²) in [6.07, 6.45) is -1.65. The van der Waals surface area contributed by atoms with Crippen LogP contribution in [0.1, 0.15) is 18.4 Å². The Hall–Kier alpha value is -3.34. The van der Waals surface area contributed by atoms with E-state index in [-0.39, 0.29) is 11.6 Å². The number of benzene rings is 1. The fourth-order valence-corrected chi connectivity index (χ4v) is 3.85. The molecule has 176 valence electrons. The standard InChI is InChI=1S/C22H24F3N5O3/c23-22(24,25)15-3-5-16(6-4-15)27-21(32)28-18-2-1-9-30(20(18)31)17-7-8-19(26-14-17)29-10-12-33-13-11-29/h3-8,14,18H,1-2,9-13H2,(H2,27,28,32). The average Bonchev–Trinajstić information content (AvgIpc) is 2.81. The van der Waals surface area contributed by atoms with E-state index in [1.165, 1.54) is 12.1 Å². The largest absolute Gasteiger partial charge is 0.416 e. The molecule has 0 spiro atoms. The van der Waals surface area contributed by atoms with E-state index in [1.54, 1.807) is 11.1 Å². The summed E-state index contributed by atoms with van der Waals surface area (Å²) in [6, 6.07) is 6.40. The molecular weight excluding hydrogens is 439 g/mol. The van der Waals surface area contributed by atoms with Gasteiger partial charge in [0.15, 0.2) is 0 Å². The summed E-state index contributed by atoms with van der Waals surface area (Å²) >= 11 is 0. The Kier molecular flexibility index (Phi) is 6.68. The molecule has 2 fully saturated rings. The molecule has 8 nitrogen and oxygen atoms in total. The number of hydrogen-bond acceptors (Lipinski definition) is 5. The molecule has 0 saturated carbocycles. The quantitative estimate of drug-likeness (QED) is 0.727. The van der Waals surface area contributed by atoms with Crippen LogP contribution in [0.4, 0.5) is 35.2 Å². The Morgan fingerprint density at radius 2 is 1.79 bits per heavy atom. The molecule has 2 aliphatic rings. The summed E-state index contributed by atoms with van der Waals surface area (Å²) in [4.78, 5) is 33.5. The van der Waals surface area contributed by atoms with Crippen molar-refractivity contribution in [2.24, 2.45) is 0 Å². The van der Waals surface area contributed by atoms with Crippen LogP contribution >= 0.6 is 0 Å². The van der Waals surface area contributed by atoms with Crippen molar-refractivity contribution in [1.29, 1.82) is 0 Å². The molecule has 2 aromatic rings. The zero-order valence-electron chi connectivity index (χ0n) is 17.8. The number of halogens is 3. The van der Waals surface area contributed by atoms with Crippen molar-refractivity contribution < 1.29 is 27.5 Å². The van der Waals surface area contributed by atoms with Gasteiger partial charge in [-0.1, -0.05) is 0 Å². The maximum Gasteiger partial charge on any atom is 0.416 e. The van der Waals surface area contributed by atoms with E-state index in [0.717, 1.165) is 31.0 Å². The van der Waals surface area contributed by atoms with Gasteiger partial charge in [0.2, 0.25) is 5.91 Å². The molecule has 4 rings (SSSR count). The van der Waals surface area contributed by atoms with Gasteiger partial charge in [-0.3, -0.25) is 4.79 Å². The minimum atomic E-state index is -4.45. The first-order valence-electron chi connectivity index (χ1n) is 10.7. The topological polar surface area (TPSA) is 86.8 Å². The van der Waals surface area contributed by atoms with Crippen molar-refractivity contribution in [2.45, 2.75) is 25.1 Å². The Labute approximate surface area is 188 Å². The van der Waals surface area contributed by atoms with E-state index in [2.05, 4.69) is 20.5 Å². The molecule has 1 aromatic heterocycles. The zero-order chi connectivity index (χ0) is 23.4. The molecule has 0 bridgehead atoms. The Bertz CT molecular complexity index is 976. The molecule has 0 radical (unpaired) electrons. The van der Waals surface area contributed by atoms with E-state index < -0.39 is 23.8 Å². The lowest BCUT2D eigenvalue weighted by Crippen LogP contribution is -2.53. The number of ether oxygens (including phenoxy) is 1. The molecule has 1 unspecified atom stereocenters. The highest BCUT2D eigenvalue weighted by Gasteiger charge is 2.32. The maximum atomic E-state index is 13.0. The molecule has 1 atom stereocenters. The van der Waals surface area contributed by atoms with Crippen LogP contribution in [0.15, 0.2) is 42.6 Å². The maximum absolute atomic E-state index is 13.0. The number of rotatable bonds is 4. The van der Waals surface area contributed by atoms with Crippen LogP contribution in [-0.4, -0.2) is 55.8 Å². The highest BCUT2D eigenvalue weighted by molar-refractivity contribution is 6.01. The second-order valence-electron chi connectivity index (χ2n) is 7.83. The fourth-order valence-electron chi connectivity index (χ4n) is 3.85. The van der Waals surface area contributed by atoms with Crippen molar-refractivity contribution in [1.82, 2.24) is 10.3 Å². The molecule has 3 heterocycles. The first-order chi connectivity index (χ1) is 15.8.